The van der Waals surface area contributed by atoms with E-state index in [1.165, 1.54) is 23.9 Å². The van der Waals surface area contributed by atoms with Gasteiger partial charge >= 0.3 is 0 Å². The maximum absolute atomic E-state index is 13.8. The van der Waals surface area contributed by atoms with Crippen LogP contribution in [0.2, 0.25) is 5.02 Å². The summed E-state index contributed by atoms with van der Waals surface area (Å²) in [5.74, 6) is -0.722. The molecule has 0 spiro atoms. The zero-order valence-electron chi connectivity index (χ0n) is 17.3. The molecule has 0 aliphatic heterocycles. The summed E-state index contributed by atoms with van der Waals surface area (Å²) in [7, 11) is 0. The first kappa shape index (κ1) is 23.5. The SMILES string of the molecule is C=CCn1c(CC(=O)Nc2ccccc2F)nnc1SCC(=O)Nc1ccc(C)c(Cl)c1. The Hall–Kier alpha value is -3.17. The van der Waals surface area contributed by atoms with E-state index < -0.39 is 11.7 Å². The standard InChI is InChI=1S/C22H21ClFN5O2S/c1-3-10-29-19(12-20(30)26-18-7-5-4-6-17(18)24)27-28-22(29)32-13-21(31)25-15-9-8-14(2)16(23)11-15/h3-9,11H,1,10,12-13H2,2H3,(H,25,31)(H,26,30). The Morgan fingerprint density at radius 2 is 1.97 bits per heavy atom. The van der Waals surface area contributed by atoms with Gasteiger partial charge in [0, 0.05) is 17.3 Å². The molecule has 10 heteroatoms. The fourth-order valence-corrected chi connectivity index (χ4v) is 3.71. The number of aryl methyl sites for hydroxylation is 1. The van der Waals surface area contributed by atoms with Crippen molar-refractivity contribution in [2.75, 3.05) is 16.4 Å². The van der Waals surface area contributed by atoms with E-state index in [9.17, 15) is 14.0 Å². The van der Waals surface area contributed by atoms with Crippen LogP contribution in [-0.4, -0.2) is 32.3 Å². The molecule has 0 aliphatic rings. The van der Waals surface area contributed by atoms with Crippen LogP contribution in [0.15, 0.2) is 60.3 Å². The normalized spacial score (nSPS) is 10.6. The summed E-state index contributed by atoms with van der Waals surface area (Å²) in [6.45, 7) is 5.95. The van der Waals surface area contributed by atoms with Crippen molar-refractivity contribution in [1.29, 1.82) is 0 Å². The molecule has 2 N–H and O–H groups in total. The van der Waals surface area contributed by atoms with Gasteiger partial charge in [0.05, 0.1) is 17.9 Å². The van der Waals surface area contributed by atoms with Gasteiger partial charge in [-0.3, -0.25) is 9.59 Å². The van der Waals surface area contributed by atoms with Crippen LogP contribution >= 0.6 is 23.4 Å². The molecule has 0 unspecified atom stereocenters. The second-order valence-corrected chi connectivity index (χ2v) is 8.15. The predicted molar refractivity (Wildman–Crippen MR) is 124 cm³/mol. The number of aromatic nitrogens is 3. The van der Waals surface area contributed by atoms with Gasteiger partial charge in [-0.15, -0.1) is 16.8 Å². The van der Waals surface area contributed by atoms with E-state index in [1.807, 2.05) is 13.0 Å². The van der Waals surface area contributed by atoms with Gasteiger partial charge in [0.2, 0.25) is 11.8 Å². The van der Waals surface area contributed by atoms with Crippen LogP contribution < -0.4 is 10.6 Å². The highest BCUT2D eigenvalue weighted by atomic mass is 35.5. The summed E-state index contributed by atoms with van der Waals surface area (Å²) >= 11 is 7.27. The van der Waals surface area contributed by atoms with Crippen molar-refractivity contribution in [2.24, 2.45) is 0 Å². The number of halogens is 2. The molecule has 0 atom stereocenters. The van der Waals surface area contributed by atoms with Gasteiger partial charge in [0.1, 0.15) is 11.6 Å². The van der Waals surface area contributed by atoms with Gasteiger partial charge in [0.25, 0.3) is 0 Å². The number of carbonyl (C=O) groups is 2. The van der Waals surface area contributed by atoms with Crippen LogP contribution in [0.4, 0.5) is 15.8 Å². The van der Waals surface area contributed by atoms with Crippen LogP contribution in [0.1, 0.15) is 11.4 Å². The Morgan fingerprint density at radius 3 is 2.69 bits per heavy atom. The third kappa shape index (κ3) is 6.18. The molecule has 3 rings (SSSR count). The lowest BCUT2D eigenvalue weighted by Gasteiger charge is -2.09. The first-order chi connectivity index (χ1) is 15.4. The van der Waals surface area contributed by atoms with Crippen molar-refractivity contribution < 1.29 is 14.0 Å². The number of hydrogen-bond donors (Lipinski definition) is 2. The van der Waals surface area contributed by atoms with Crippen molar-refractivity contribution in [3.63, 3.8) is 0 Å². The Bertz CT molecular complexity index is 1150. The fraction of sp³-hybridized carbons (Fsp3) is 0.182. The zero-order valence-corrected chi connectivity index (χ0v) is 18.8. The Kier molecular flexibility index (Phi) is 8.02. The molecule has 1 heterocycles. The number of allylic oxidation sites excluding steroid dienone is 1. The zero-order chi connectivity index (χ0) is 23.1. The molecule has 166 valence electrons. The van der Waals surface area contributed by atoms with Crippen LogP contribution in [0.3, 0.4) is 0 Å². The van der Waals surface area contributed by atoms with E-state index in [1.54, 1.807) is 34.9 Å². The molecular formula is C22H21ClFN5O2S. The van der Waals surface area contributed by atoms with Crippen LogP contribution in [-0.2, 0) is 22.6 Å². The number of carbonyl (C=O) groups excluding carboxylic acids is 2. The molecule has 0 fully saturated rings. The van der Waals surface area contributed by atoms with Gasteiger partial charge in [0.15, 0.2) is 5.16 Å². The first-order valence-electron chi connectivity index (χ1n) is 9.63. The lowest BCUT2D eigenvalue weighted by Crippen LogP contribution is -2.18. The van der Waals surface area contributed by atoms with Crippen molar-refractivity contribution >= 4 is 46.6 Å². The van der Waals surface area contributed by atoms with Crippen LogP contribution in [0.25, 0.3) is 0 Å². The number of amides is 2. The lowest BCUT2D eigenvalue weighted by atomic mass is 10.2. The minimum Gasteiger partial charge on any atom is -0.325 e. The molecular weight excluding hydrogens is 453 g/mol. The van der Waals surface area contributed by atoms with Crippen molar-refractivity contribution in [2.45, 2.75) is 25.0 Å². The summed E-state index contributed by atoms with van der Waals surface area (Å²) in [5.41, 5.74) is 1.61. The summed E-state index contributed by atoms with van der Waals surface area (Å²) < 4.78 is 15.4. The summed E-state index contributed by atoms with van der Waals surface area (Å²) in [5, 5.41) is 14.5. The van der Waals surface area contributed by atoms with Crippen LogP contribution in [0.5, 0.6) is 0 Å². The molecule has 32 heavy (non-hydrogen) atoms. The number of nitrogens with zero attached hydrogens (tertiary/aromatic N) is 3. The predicted octanol–water partition coefficient (Wildman–Crippen LogP) is 4.48. The maximum Gasteiger partial charge on any atom is 0.234 e. The maximum atomic E-state index is 13.8. The molecule has 1 aromatic heterocycles. The number of anilines is 2. The topological polar surface area (TPSA) is 88.9 Å². The summed E-state index contributed by atoms with van der Waals surface area (Å²) in [6, 6.07) is 11.2. The highest BCUT2D eigenvalue weighted by Crippen LogP contribution is 2.22. The molecule has 3 aromatic rings. The Balaban J connectivity index is 1.62. The molecule has 0 saturated carbocycles. The molecule has 0 radical (unpaired) electrons. The minimum atomic E-state index is -0.523. The third-order valence-corrected chi connectivity index (χ3v) is 5.73. The van der Waals surface area contributed by atoms with Crippen molar-refractivity contribution in [3.8, 4) is 0 Å². The average Bonchev–Trinajstić information content (AvgIpc) is 3.12. The third-order valence-electron chi connectivity index (χ3n) is 4.36. The van der Waals surface area contributed by atoms with E-state index in [0.717, 1.165) is 5.56 Å². The van der Waals surface area contributed by atoms with Crippen molar-refractivity contribution in [1.82, 2.24) is 14.8 Å². The van der Waals surface area contributed by atoms with E-state index in [2.05, 4.69) is 27.4 Å². The smallest absolute Gasteiger partial charge is 0.234 e. The average molecular weight is 474 g/mol. The number of benzene rings is 2. The lowest BCUT2D eigenvalue weighted by molar-refractivity contribution is -0.116. The van der Waals surface area contributed by atoms with Gasteiger partial charge in [-0.25, -0.2) is 4.39 Å². The number of nitrogens with one attached hydrogen (secondary N) is 2. The highest BCUT2D eigenvalue weighted by Gasteiger charge is 2.17. The van der Waals surface area contributed by atoms with Crippen LogP contribution in [0, 0.1) is 12.7 Å². The quantitative estimate of drug-likeness (QED) is 0.353. The second kappa shape index (κ2) is 10.9. The Labute approximate surface area is 194 Å². The minimum absolute atomic E-state index is 0.0855. The fourth-order valence-electron chi connectivity index (χ4n) is 2.77. The van der Waals surface area contributed by atoms with Gasteiger partial charge in [-0.1, -0.05) is 47.6 Å². The van der Waals surface area contributed by atoms with Gasteiger partial charge in [-0.2, -0.15) is 0 Å². The van der Waals surface area contributed by atoms with E-state index in [0.29, 0.717) is 28.2 Å². The van der Waals surface area contributed by atoms with Gasteiger partial charge in [-0.05, 0) is 36.8 Å². The van der Waals surface area contributed by atoms with E-state index in [4.69, 9.17) is 11.6 Å². The van der Waals surface area contributed by atoms with E-state index >= 15 is 0 Å². The van der Waals surface area contributed by atoms with E-state index in [-0.39, 0.29) is 23.8 Å². The molecule has 2 amide bonds. The Morgan fingerprint density at radius 1 is 1.19 bits per heavy atom. The highest BCUT2D eigenvalue weighted by molar-refractivity contribution is 7.99. The second-order valence-electron chi connectivity index (χ2n) is 6.80. The molecule has 0 saturated heterocycles. The number of rotatable bonds is 9. The summed E-state index contributed by atoms with van der Waals surface area (Å²) in [4.78, 5) is 24.7. The number of hydrogen-bond acceptors (Lipinski definition) is 5. The molecule has 0 bridgehead atoms. The largest absolute Gasteiger partial charge is 0.325 e. The number of thioether (sulfide) groups is 1. The first-order valence-corrected chi connectivity index (χ1v) is 11.0. The molecule has 2 aromatic carbocycles. The van der Waals surface area contributed by atoms with Gasteiger partial charge < -0.3 is 15.2 Å². The number of para-hydroxylation sites is 1. The summed E-state index contributed by atoms with van der Waals surface area (Å²) in [6.07, 6.45) is 1.53. The molecule has 0 aliphatic carbocycles. The van der Waals surface area contributed by atoms with Crippen molar-refractivity contribution in [3.05, 3.63) is 77.3 Å². The monoisotopic (exact) mass is 473 g/mol. The molecule has 7 nitrogen and oxygen atoms in total.